The largest absolute Gasteiger partial charge is 0.372 e. The number of carbonyl (C=O) groups is 1. The number of aliphatic hydroxyl groups excluding tert-OH is 1. The quantitative estimate of drug-likeness (QED) is 0.538. The maximum absolute atomic E-state index is 10.8. The van der Waals surface area contributed by atoms with E-state index in [4.69, 9.17) is 5.11 Å². The summed E-state index contributed by atoms with van der Waals surface area (Å²) in [5, 5.41) is 11.5. The van der Waals surface area contributed by atoms with E-state index < -0.39 is 6.23 Å². The predicted molar refractivity (Wildman–Crippen MR) is 40.6 cm³/mol. The molecule has 1 heterocycles. The van der Waals surface area contributed by atoms with Gasteiger partial charge in [-0.3, -0.25) is 9.69 Å². The fraction of sp³-hybridized carbons (Fsp3) is 0.714. The van der Waals surface area contributed by atoms with Gasteiger partial charge in [0.05, 0.1) is 6.54 Å². The second-order valence-electron chi connectivity index (χ2n) is 2.67. The lowest BCUT2D eigenvalue weighted by Gasteiger charge is -2.29. The molecule has 2 N–H and O–H groups in total. The Balaban J connectivity index is 2.36. The Morgan fingerprint density at radius 1 is 1.82 bits per heavy atom. The van der Waals surface area contributed by atoms with Gasteiger partial charge in [0.25, 0.3) is 0 Å². The number of hydrogen-bond donors (Lipinski definition) is 2. The lowest BCUT2D eigenvalue weighted by molar-refractivity contribution is -0.129. The van der Waals surface area contributed by atoms with Crippen molar-refractivity contribution in [2.75, 3.05) is 19.6 Å². The van der Waals surface area contributed by atoms with Crippen LogP contribution in [0.1, 0.15) is 6.42 Å². The molecule has 11 heavy (non-hydrogen) atoms. The molecule has 4 heteroatoms. The zero-order valence-corrected chi connectivity index (χ0v) is 6.42. The number of carbonyl (C=O) groups excluding carboxylic acids is 1. The van der Waals surface area contributed by atoms with Crippen molar-refractivity contribution in [3.63, 3.8) is 0 Å². The molecule has 1 rings (SSSR count). The number of nitrogens with one attached hydrogen (secondary N) is 1. The van der Waals surface area contributed by atoms with Crippen LogP contribution in [0.25, 0.3) is 0 Å². The zero-order valence-electron chi connectivity index (χ0n) is 6.42. The Kier molecular flexibility index (Phi) is 2.84. The number of nitrogens with zero attached hydrogens (tertiary/aromatic N) is 1. The Hall–Kier alpha value is -0.610. The molecule has 0 aromatic rings. The summed E-state index contributed by atoms with van der Waals surface area (Å²) in [7, 11) is 0. The van der Waals surface area contributed by atoms with Gasteiger partial charge in [0.2, 0.25) is 5.91 Å². The first-order valence-corrected chi connectivity index (χ1v) is 3.71. The van der Waals surface area contributed by atoms with Crippen molar-refractivity contribution >= 4 is 5.91 Å². The monoisotopic (exact) mass is 157 g/mol. The van der Waals surface area contributed by atoms with Gasteiger partial charge in [-0.25, -0.2) is 0 Å². The van der Waals surface area contributed by atoms with Crippen molar-refractivity contribution in [3.8, 4) is 0 Å². The lowest BCUT2D eigenvalue weighted by atomic mass is 10.3. The molecule has 1 radical (unpaired) electrons. The van der Waals surface area contributed by atoms with E-state index in [1.54, 1.807) is 0 Å². The fourth-order valence-corrected chi connectivity index (χ4v) is 1.18. The second kappa shape index (κ2) is 3.69. The second-order valence-corrected chi connectivity index (χ2v) is 2.67. The van der Waals surface area contributed by atoms with Crippen molar-refractivity contribution in [1.82, 2.24) is 10.2 Å². The van der Waals surface area contributed by atoms with Gasteiger partial charge < -0.3 is 10.4 Å². The van der Waals surface area contributed by atoms with Gasteiger partial charge in [0.15, 0.2) is 0 Å². The first-order valence-electron chi connectivity index (χ1n) is 3.71. The van der Waals surface area contributed by atoms with Gasteiger partial charge in [-0.1, -0.05) is 6.92 Å². The molecule has 1 amide bonds. The molecule has 1 saturated heterocycles. The number of β-amino-alcohol motifs (C(OH)–C–C–N with tert-alkyl or cyclic N) is 1. The summed E-state index contributed by atoms with van der Waals surface area (Å²) in [6.45, 7) is 5.34. The van der Waals surface area contributed by atoms with Gasteiger partial charge in [0, 0.05) is 6.54 Å². The highest BCUT2D eigenvalue weighted by Crippen LogP contribution is 1.97. The van der Waals surface area contributed by atoms with Crippen LogP contribution in [0.15, 0.2) is 0 Å². The summed E-state index contributed by atoms with van der Waals surface area (Å²) in [4.78, 5) is 12.7. The molecular formula is C7H13N2O2. The minimum absolute atomic E-state index is 0.114. The molecule has 1 aliphatic heterocycles. The van der Waals surface area contributed by atoms with Crippen LogP contribution in [0, 0.1) is 6.92 Å². The van der Waals surface area contributed by atoms with E-state index >= 15 is 0 Å². The highest BCUT2D eigenvalue weighted by molar-refractivity contribution is 5.78. The number of rotatable bonds is 2. The van der Waals surface area contributed by atoms with E-state index in [1.807, 2.05) is 4.90 Å². The van der Waals surface area contributed by atoms with Gasteiger partial charge in [-0.15, -0.1) is 0 Å². The maximum atomic E-state index is 10.8. The predicted octanol–water partition coefficient (Wildman–Crippen LogP) is -1.04. The molecule has 1 atom stereocenters. The number of hydrogen-bond acceptors (Lipinski definition) is 3. The van der Waals surface area contributed by atoms with Crippen molar-refractivity contribution in [2.24, 2.45) is 0 Å². The van der Waals surface area contributed by atoms with Crippen LogP contribution in [-0.4, -0.2) is 41.8 Å². The third kappa shape index (κ3) is 2.48. The lowest BCUT2D eigenvalue weighted by Crippen LogP contribution is -2.54. The SMILES string of the molecule is [CH2]CCN1CC(=O)NC(O)C1. The normalized spacial score (nSPS) is 26.7. The van der Waals surface area contributed by atoms with Crippen molar-refractivity contribution in [1.29, 1.82) is 0 Å². The summed E-state index contributed by atoms with van der Waals surface area (Å²) in [5.41, 5.74) is 0. The average molecular weight is 157 g/mol. The van der Waals surface area contributed by atoms with Gasteiger partial charge >= 0.3 is 0 Å². The Morgan fingerprint density at radius 3 is 3.09 bits per heavy atom. The van der Waals surface area contributed by atoms with E-state index in [-0.39, 0.29) is 5.91 Å². The summed E-state index contributed by atoms with van der Waals surface area (Å²) < 4.78 is 0. The van der Waals surface area contributed by atoms with E-state index in [1.165, 1.54) is 0 Å². The first kappa shape index (κ1) is 8.49. The standard InChI is InChI=1S/C7H13N2O2/c1-2-3-9-4-6(10)8-7(11)5-9/h6,10H,1-5H2,(H,8,11). The average Bonchev–Trinajstić information content (AvgIpc) is 1.85. The Labute approximate surface area is 66.2 Å². The van der Waals surface area contributed by atoms with Crippen LogP contribution < -0.4 is 5.32 Å². The number of amides is 1. The summed E-state index contributed by atoms with van der Waals surface area (Å²) in [6, 6.07) is 0. The molecule has 0 aromatic heterocycles. The van der Waals surface area contributed by atoms with Crippen LogP contribution in [-0.2, 0) is 4.79 Å². The molecule has 1 fully saturated rings. The maximum Gasteiger partial charge on any atom is 0.236 e. The third-order valence-corrected chi connectivity index (χ3v) is 1.60. The van der Waals surface area contributed by atoms with Gasteiger partial charge in [0.1, 0.15) is 6.23 Å². The van der Waals surface area contributed by atoms with E-state index in [9.17, 15) is 4.79 Å². The minimum Gasteiger partial charge on any atom is -0.372 e. The highest BCUT2D eigenvalue weighted by Gasteiger charge is 2.21. The highest BCUT2D eigenvalue weighted by atomic mass is 16.3. The van der Waals surface area contributed by atoms with E-state index in [2.05, 4.69) is 12.2 Å². The zero-order chi connectivity index (χ0) is 8.27. The molecule has 1 aliphatic rings. The third-order valence-electron chi connectivity index (χ3n) is 1.60. The summed E-state index contributed by atoms with van der Waals surface area (Å²) in [6.07, 6.45) is 0.0581. The van der Waals surface area contributed by atoms with Crippen molar-refractivity contribution in [3.05, 3.63) is 6.92 Å². The van der Waals surface area contributed by atoms with Crippen LogP contribution in [0.5, 0.6) is 0 Å². The van der Waals surface area contributed by atoms with Gasteiger partial charge in [-0.2, -0.15) is 0 Å². The van der Waals surface area contributed by atoms with E-state index in [0.29, 0.717) is 13.1 Å². The van der Waals surface area contributed by atoms with E-state index in [0.717, 1.165) is 13.0 Å². The van der Waals surface area contributed by atoms with Crippen molar-refractivity contribution in [2.45, 2.75) is 12.6 Å². The molecule has 0 aromatic carbocycles. The molecule has 0 spiro atoms. The van der Waals surface area contributed by atoms with Gasteiger partial charge in [-0.05, 0) is 13.0 Å². The molecule has 0 aliphatic carbocycles. The number of aliphatic hydroxyl groups is 1. The Bertz CT molecular complexity index is 149. The van der Waals surface area contributed by atoms with Crippen LogP contribution >= 0.6 is 0 Å². The summed E-state index contributed by atoms with van der Waals surface area (Å²) >= 11 is 0. The molecule has 63 valence electrons. The molecule has 0 bridgehead atoms. The summed E-state index contributed by atoms with van der Waals surface area (Å²) in [5.74, 6) is -0.114. The molecule has 1 unspecified atom stereocenters. The smallest absolute Gasteiger partial charge is 0.236 e. The van der Waals surface area contributed by atoms with Crippen molar-refractivity contribution < 1.29 is 9.90 Å². The topological polar surface area (TPSA) is 52.6 Å². The van der Waals surface area contributed by atoms with Crippen LogP contribution in [0.4, 0.5) is 0 Å². The molecular weight excluding hydrogens is 144 g/mol. The Morgan fingerprint density at radius 2 is 2.55 bits per heavy atom. The van der Waals surface area contributed by atoms with Crippen LogP contribution in [0.3, 0.4) is 0 Å². The fourth-order valence-electron chi connectivity index (χ4n) is 1.18. The molecule has 0 saturated carbocycles. The minimum atomic E-state index is -0.706. The molecule has 4 nitrogen and oxygen atoms in total. The number of piperazine rings is 1. The van der Waals surface area contributed by atoms with Crippen LogP contribution in [0.2, 0.25) is 0 Å². The first-order chi connectivity index (χ1) is 5.22.